The number of ether oxygens (including phenoxy) is 1. The molecule has 0 aliphatic carbocycles. The third-order valence-corrected chi connectivity index (χ3v) is 1.90. The fourth-order valence-corrected chi connectivity index (χ4v) is 1.18. The van der Waals surface area contributed by atoms with Crippen LogP contribution in [-0.4, -0.2) is 24.7 Å². The van der Waals surface area contributed by atoms with Crippen molar-refractivity contribution < 1.29 is 14.6 Å². The van der Waals surface area contributed by atoms with Crippen LogP contribution in [0.1, 0.15) is 15.9 Å². The van der Waals surface area contributed by atoms with Gasteiger partial charge in [-0.05, 0) is 30.7 Å². The number of phenols is 1. The van der Waals surface area contributed by atoms with Gasteiger partial charge in [0.25, 0.3) is 0 Å². The standard InChI is InChI=1S/C10H13NO3/c1-14-10(13)8-3-2-7(4-5-11)6-9(8)12/h2-3,6,12H,4-5,11H2,1H3. The first-order chi connectivity index (χ1) is 6.69. The van der Waals surface area contributed by atoms with Gasteiger partial charge in [0.2, 0.25) is 0 Å². The zero-order chi connectivity index (χ0) is 10.6. The molecule has 4 heteroatoms. The highest BCUT2D eigenvalue weighted by atomic mass is 16.5. The number of phenolic OH excluding ortho intramolecular Hbond substituents is 1. The Morgan fingerprint density at radius 1 is 1.57 bits per heavy atom. The molecule has 1 rings (SSSR count). The van der Waals surface area contributed by atoms with Crippen molar-refractivity contribution in [1.29, 1.82) is 0 Å². The van der Waals surface area contributed by atoms with Gasteiger partial charge in [0.15, 0.2) is 0 Å². The number of methoxy groups -OCH3 is 1. The smallest absolute Gasteiger partial charge is 0.341 e. The highest BCUT2D eigenvalue weighted by Gasteiger charge is 2.10. The minimum absolute atomic E-state index is 0.0669. The maximum Gasteiger partial charge on any atom is 0.341 e. The second-order valence-corrected chi connectivity index (χ2v) is 2.88. The number of nitrogens with two attached hydrogens (primary N) is 1. The Morgan fingerprint density at radius 2 is 2.29 bits per heavy atom. The molecule has 0 aliphatic heterocycles. The van der Waals surface area contributed by atoms with E-state index in [0.29, 0.717) is 13.0 Å². The van der Waals surface area contributed by atoms with Crippen LogP contribution in [0.15, 0.2) is 18.2 Å². The quantitative estimate of drug-likeness (QED) is 0.696. The van der Waals surface area contributed by atoms with E-state index in [0.717, 1.165) is 5.56 Å². The van der Waals surface area contributed by atoms with Gasteiger partial charge in [-0.1, -0.05) is 6.07 Å². The predicted molar refractivity (Wildman–Crippen MR) is 52.2 cm³/mol. The van der Waals surface area contributed by atoms with Gasteiger partial charge in [-0.25, -0.2) is 4.79 Å². The summed E-state index contributed by atoms with van der Waals surface area (Å²) in [5, 5.41) is 9.48. The average Bonchev–Trinajstić information content (AvgIpc) is 2.17. The highest BCUT2D eigenvalue weighted by molar-refractivity contribution is 5.92. The lowest BCUT2D eigenvalue weighted by molar-refractivity contribution is 0.0597. The van der Waals surface area contributed by atoms with E-state index in [1.54, 1.807) is 6.07 Å². The lowest BCUT2D eigenvalue weighted by Crippen LogP contribution is -2.05. The fourth-order valence-electron chi connectivity index (χ4n) is 1.18. The molecule has 0 saturated carbocycles. The van der Waals surface area contributed by atoms with Crippen LogP contribution < -0.4 is 5.73 Å². The molecule has 0 bridgehead atoms. The van der Waals surface area contributed by atoms with Gasteiger partial charge in [0, 0.05) is 0 Å². The van der Waals surface area contributed by atoms with Crippen LogP contribution >= 0.6 is 0 Å². The van der Waals surface area contributed by atoms with E-state index in [-0.39, 0.29) is 11.3 Å². The molecule has 14 heavy (non-hydrogen) atoms. The largest absolute Gasteiger partial charge is 0.507 e. The van der Waals surface area contributed by atoms with Crippen LogP contribution in [0.25, 0.3) is 0 Å². The molecule has 3 N–H and O–H groups in total. The van der Waals surface area contributed by atoms with Gasteiger partial charge in [-0.15, -0.1) is 0 Å². The first kappa shape index (κ1) is 10.5. The molecular weight excluding hydrogens is 182 g/mol. The maximum atomic E-state index is 11.1. The average molecular weight is 195 g/mol. The van der Waals surface area contributed by atoms with Crippen molar-refractivity contribution in [2.24, 2.45) is 5.73 Å². The molecule has 0 aliphatic rings. The summed E-state index contributed by atoms with van der Waals surface area (Å²) >= 11 is 0. The summed E-state index contributed by atoms with van der Waals surface area (Å²) in [6, 6.07) is 4.81. The van der Waals surface area contributed by atoms with Crippen LogP contribution in [-0.2, 0) is 11.2 Å². The molecule has 0 amide bonds. The number of carbonyl (C=O) groups excluding carboxylic acids is 1. The Labute approximate surface area is 82.3 Å². The Hall–Kier alpha value is -1.55. The summed E-state index contributed by atoms with van der Waals surface area (Å²) in [6.07, 6.45) is 0.676. The monoisotopic (exact) mass is 195 g/mol. The van der Waals surface area contributed by atoms with Crippen molar-refractivity contribution in [3.05, 3.63) is 29.3 Å². The first-order valence-corrected chi connectivity index (χ1v) is 4.29. The van der Waals surface area contributed by atoms with Crippen molar-refractivity contribution in [2.45, 2.75) is 6.42 Å². The van der Waals surface area contributed by atoms with Gasteiger partial charge in [0.1, 0.15) is 11.3 Å². The minimum atomic E-state index is -0.540. The molecular formula is C10H13NO3. The van der Waals surface area contributed by atoms with Crippen LogP contribution in [0, 0.1) is 0 Å². The van der Waals surface area contributed by atoms with E-state index in [9.17, 15) is 9.90 Å². The van der Waals surface area contributed by atoms with Gasteiger partial charge in [-0.2, -0.15) is 0 Å². The second kappa shape index (κ2) is 4.62. The molecule has 4 nitrogen and oxygen atoms in total. The molecule has 0 spiro atoms. The van der Waals surface area contributed by atoms with Crippen LogP contribution in [0.5, 0.6) is 5.75 Å². The van der Waals surface area contributed by atoms with Crippen LogP contribution in [0.3, 0.4) is 0 Å². The lowest BCUT2D eigenvalue weighted by atomic mass is 10.1. The van der Waals surface area contributed by atoms with E-state index in [2.05, 4.69) is 4.74 Å². The Balaban J connectivity index is 2.95. The maximum absolute atomic E-state index is 11.1. The van der Waals surface area contributed by atoms with E-state index in [1.807, 2.05) is 0 Å². The SMILES string of the molecule is COC(=O)c1ccc(CCN)cc1O. The van der Waals surface area contributed by atoms with E-state index < -0.39 is 5.97 Å². The van der Waals surface area contributed by atoms with E-state index in [1.165, 1.54) is 19.2 Å². The van der Waals surface area contributed by atoms with Crippen molar-refractivity contribution >= 4 is 5.97 Å². The van der Waals surface area contributed by atoms with Crippen molar-refractivity contribution in [3.8, 4) is 5.75 Å². The number of carbonyl (C=O) groups is 1. The molecule has 0 aromatic heterocycles. The molecule has 0 unspecified atom stereocenters. The van der Waals surface area contributed by atoms with Gasteiger partial charge >= 0.3 is 5.97 Å². The number of aromatic hydroxyl groups is 1. The summed E-state index contributed by atoms with van der Waals surface area (Å²) in [5.74, 6) is -0.607. The number of benzene rings is 1. The predicted octanol–water partition coefficient (Wildman–Crippen LogP) is 0.680. The summed E-state index contributed by atoms with van der Waals surface area (Å²) in [4.78, 5) is 11.1. The van der Waals surface area contributed by atoms with E-state index >= 15 is 0 Å². The molecule has 0 saturated heterocycles. The molecule has 1 aromatic carbocycles. The summed E-state index contributed by atoms with van der Waals surface area (Å²) in [6.45, 7) is 0.511. The summed E-state index contributed by atoms with van der Waals surface area (Å²) < 4.78 is 4.49. The van der Waals surface area contributed by atoms with Crippen molar-refractivity contribution in [3.63, 3.8) is 0 Å². The summed E-state index contributed by atoms with van der Waals surface area (Å²) in [7, 11) is 1.27. The number of esters is 1. The zero-order valence-corrected chi connectivity index (χ0v) is 7.99. The molecule has 0 atom stereocenters. The van der Waals surface area contributed by atoms with Crippen LogP contribution in [0.2, 0.25) is 0 Å². The third kappa shape index (κ3) is 2.23. The topological polar surface area (TPSA) is 72.5 Å². The number of rotatable bonds is 3. The molecule has 0 heterocycles. The van der Waals surface area contributed by atoms with Gasteiger partial charge in [-0.3, -0.25) is 0 Å². The number of hydrogen-bond donors (Lipinski definition) is 2. The van der Waals surface area contributed by atoms with E-state index in [4.69, 9.17) is 5.73 Å². The summed E-state index contributed by atoms with van der Waals surface area (Å²) in [5.41, 5.74) is 6.44. The van der Waals surface area contributed by atoms with Crippen molar-refractivity contribution in [1.82, 2.24) is 0 Å². The molecule has 1 aromatic rings. The van der Waals surface area contributed by atoms with Gasteiger partial charge in [0.05, 0.1) is 7.11 Å². The molecule has 0 fully saturated rings. The first-order valence-electron chi connectivity index (χ1n) is 4.29. The Kier molecular flexibility index (Phi) is 3.48. The lowest BCUT2D eigenvalue weighted by Gasteiger charge is -2.04. The third-order valence-electron chi connectivity index (χ3n) is 1.90. The van der Waals surface area contributed by atoms with Gasteiger partial charge < -0.3 is 15.6 Å². The Bertz CT molecular complexity index is 336. The molecule has 76 valence electrons. The highest BCUT2D eigenvalue weighted by Crippen LogP contribution is 2.19. The van der Waals surface area contributed by atoms with Crippen molar-refractivity contribution in [2.75, 3.05) is 13.7 Å². The van der Waals surface area contributed by atoms with Crippen LogP contribution in [0.4, 0.5) is 0 Å². The molecule has 0 radical (unpaired) electrons. The Morgan fingerprint density at radius 3 is 2.79 bits per heavy atom. The number of hydrogen-bond acceptors (Lipinski definition) is 4. The normalized spacial score (nSPS) is 9.86. The zero-order valence-electron chi connectivity index (χ0n) is 7.99. The fraction of sp³-hybridized carbons (Fsp3) is 0.300. The second-order valence-electron chi connectivity index (χ2n) is 2.88. The minimum Gasteiger partial charge on any atom is -0.507 e.